The molecule has 1 saturated heterocycles. The topological polar surface area (TPSA) is 41.1 Å². The Kier molecular flexibility index (Phi) is 2.84. The molecule has 0 spiro atoms. The van der Waals surface area contributed by atoms with Crippen molar-refractivity contribution >= 4 is 21.8 Å². The van der Waals surface area contributed by atoms with Gasteiger partial charge in [-0.05, 0) is 11.6 Å². The molecule has 0 radical (unpaired) electrons. The number of rotatable bonds is 1. The highest BCUT2D eigenvalue weighted by molar-refractivity contribution is 9.10. The number of carbonyl (C=O) groups excluding carboxylic acids is 1. The molecule has 1 atom stereocenters. The second-order valence-corrected chi connectivity index (χ2v) is 4.05. The molecule has 0 unspecified atom stereocenters. The van der Waals surface area contributed by atoms with Crippen molar-refractivity contribution in [3.05, 3.63) is 34.3 Å². The van der Waals surface area contributed by atoms with Crippen LogP contribution in [0.25, 0.3) is 0 Å². The summed E-state index contributed by atoms with van der Waals surface area (Å²) in [6.07, 6.45) is 0. The van der Waals surface area contributed by atoms with Crippen LogP contribution in [0.5, 0.6) is 0 Å². The SMILES string of the molecule is O=C1NCCN[C@H]1c1ccccc1Br. The predicted octanol–water partition coefficient (Wildman–Crippen LogP) is 1.21. The van der Waals surface area contributed by atoms with Gasteiger partial charge < -0.3 is 10.6 Å². The Morgan fingerprint density at radius 2 is 2.07 bits per heavy atom. The van der Waals surface area contributed by atoms with Crippen LogP contribution < -0.4 is 10.6 Å². The average molecular weight is 255 g/mol. The van der Waals surface area contributed by atoms with Crippen LogP contribution in [0.3, 0.4) is 0 Å². The van der Waals surface area contributed by atoms with Crippen LogP contribution in [0.4, 0.5) is 0 Å². The smallest absolute Gasteiger partial charge is 0.241 e. The summed E-state index contributed by atoms with van der Waals surface area (Å²) in [6.45, 7) is 1.53. The summed E-state index contributed by atoms with van der Waals surface area (Å²) in [5.41, 5.74) is 0.990. The van der Waals surface area contributed by atoms with Crippen LogP contribution in [0, 0.1) is 0 Å². The maximum absolute atomic E-state index is 11.6. The molecule has 14 heavy (non-hydrogen) atoms. The van der Waals surface area contributed by atoms with Crippen molar-refractivity contribution in [2.24, 2.45) is 0 Å². The predicted molar refractivity (Wildman–Crippen MR) is 57.9 cm³/mol. The van der Waals surface area contributed by atoms with E-state index in [0.29, 0.717) is 6.54 Å². The first-order valence-corrected chi connectivity index (χ1v) is 5.34. The summed E-state index contributed by atoms with van der Waals surface area (Å²) in [4.78, 5) is 11.6. The minimum atomic E-state index is -0.223. The maximum atomic E-state index is 11.6. The van der Waals surface area contributed by atoms with Gasteiger partial charge in [0.2, 0.25) is 5.91 Å². The van der Waals surface area contributed by atoms with Gasteiger partial charge in [0.25, 0.3) is 0 Å². The average Bonchev–Trinajstić information content (AvgIpc) is 2.20. The number of piperazine rings is 1. The van der Waals surface area contributed by atoms with Gasteiger partial charge in [0.05, 0.1) is 0 Å². The normalized spacial score (nSPS) is 21.8. The van der Waals surface area contributed by atoms with E-state index in [0.717, 1.165) is 16.6 Å². The highest BCUT2D eigenvalue weighted by atomic mass is 79.9. The standard InChI is InChI=1S/C10H11BrN2O/c11-8-4-2-1-3-7(8)9-10(14)13-6-5-12-9/h1-4,9,12H,5-6H2,(H,13,14)/t9-/m0/s1. The molecule has 1 fully saturated rings. The van der Waals surface area contributed by atoms with Crippen molar-refractivity contribution in [1.29, 1.82) is 0 Å². The molecule has 0 bridgehead atoms. The number of carbonyl (C=O) groups is 1. The highest BCUT2D eigenvalue weighted by Gasteiger charge is 2.24. The Balaban J connectivity index is 2.29. The fourth-order valence-electron chi connectivity index (χ4n) is 1.56. The van der Waals surface area contributed by atoms with Gasteiger partial charge in [-0.2, -0.15) is 0 Å². The first-order chi connectivity index (χ1) is 6.79. The van der Waals surface area contributed by atoms with Crippen LogP contribution in [-0.2, 0) is 4.79 Å². The maximum Gasteiger partial charge on any atom is 0.241 e. The number of amides is 1. The minimum absolute atomic E-state index is 0.0446. The van der Waals surface area contributed by atoms with Gasteiger partial charge in [0, 0.05) is 17.6 Å². The minimum Gasteiger partial charge on any atom is -0.353 e. The molecule has 0 aromatic heterocycles. The quantitative estimate of drug-likeness (QED) is 0.792. The second-order valence-electron chi connectivity index (χ2n) is 3.20. The van der Waals surface area contributed by atoms with Gasteiger partial charge in [-0.3, -0.25) is 4.79 Å². The molecule has 1 aliphatic heterocycles. The lowest BCUT2D eigenvalue weighted by Gasteiger charge is -2.24. The number of halogens is 1. The lowest BCUT2D eigenvalue weighted by atomic mass is 10.1. The second kappa shape index (κ2) is 4.11. The van der Waals surface area contributed by atoms with Gasteiger partial charge >= 0.3 is 0 Å². The largest absolute Gasteiger partial charge is 0.353 e. The third-order valence-electron chi connectivity index (χ3n) is 2.25. The van der Waals surface area contributed by atoms with Crippen LogP contribution >= 0.6 is 15.9 Å². The lowest BCUT2D eigenvalue weighted by Crippen LogP contribution is -2.47. The van der Waals surface area contributed by atoms with Gasteiger partial charge in [-0.25, -0.2) is 0 Å². The molecule has 2 rings (SSSR count). The van der Waals surface area contributed by atoms with Gasteiger partial charge in [-0.15, -0.1) is 0 Å². The van der Waals surface area contributed by atoms with Crippen molar-refractivity contribution in [2.45, 2.75) is 6.04 Å². The zero-order valence-electron chi connectivity index (χ0n) is 7.59. The zero-order chi connectivity index (χ0) is 9.97. The third-order valence-corrected chi connectivity index (χ3v) is 2.97. The first kappa shape index (κ1) is 9.68. The van der Waals surface area contributed by atoms with E-state index in [9.17, 15) is 4.79 Å². The van der Waals surface area contributed by atoms with Gasteiger partial charge in [0.15, 0.2) is 0 Å². The fourth-order valence-corrected chi connectivity index (χ4v) is 2.07. The Morgan fingerprint density at radius 1 is 1.29 bits per heavy atom. The molecule has 1 amide bonds. The van der Waals surface area contributed by atoms with E-state index in [2.05, 4.69) is 26.6 Å². The van der Waals surface area contributed by atoms with Crippen molar-refractivity contribution < 1.29 is 4.79 Å². The van der Waals surface area contributed by atoms with Crippen LogP contribution in [0.1, 0.15) is 11.6 Å². The van der Waals surface area contributed by atoms with Crippen molar-refractivity contribution in [2.75, 3.05) is 13.1 Å². The highest BCUT2D eigenvalue weighted by Crippen LogP contribution is 2.23. The van der Waals surface area contributed by atoms with Crippen LogP contribution in [0.2, 0.25) is 0 Å². The number of hydrogen-bond donors (Lipinski definition) is 2. The van der Waals surface area contributed by atoms with Gasteiger partial charge in [0.1, 0.15) is 6.04 Å². The summed E-state index contributed by atoms with van der Waals surface area (Å²) in [7, 11) is 0. The van der Waals surface area contributed by atoms with Crippen molar-refractivity contribution in [3.8, 4) is 0 Å². The third kappa shape index (κ3) is 1.81. The molecular formula is C10H11BrN2O. The van der Waals surface area contributed by atoms with E-state index in [1.165, 1.54) is 0 Å². The van der Waals surface area contributed by atoms with E-state index in [4.69, 9.17) is 0 Å². The summed E-state index contributed by atoms with van der Waals surface area (Å²) in [6, 6.07) is 7.54. The molecule has 0 aliphatic carbocycles. The van der Waals surface area contributed by atoms with E-state index in [1.807, 2.05) is 24.3 Å². The molecule has 1 heterocycles. The van der Waals surface area contributed by atoms with E-state index in [-0.39, 0.29) is 11.9 Å². The Bertz CT molecular complexity index is 354. The van der Waals surface area contributed by atoms with E-state index < -0.39 is 0 Å². The molecule has 74 valence electrons. The number of benzene rings is 1. The summed E-state index contributed by atoms with van der Waals surface area (Å²) in [5, 5.41) is 6.02. The summed E-state index contributed by atoms with van der Waals surface area (Å²) in [5.74, 6) is 0.0446. The van der Waals surface area contributed by atoms with Crippen molar-refractivity contribution in [3.63, 3.8) is 0 Å². The summed E-state index contributed by atoms with van der Waals surface area (Å²) >= 11 is 3.44. The van der Waals surface area contributed by atoms with E-state index >= 15 is 0 Å². The van der Waals surface area contributed by atoms with E-state index in [1.54, 1.807) is 0 Å². The molecule has 1 aromatic carbocycles. The summed E-state index contributed by atoms with van der Waals surface area (Å²) < 4.78 is 0.967. The number of hydrogen-bond acceptors (Lipinski definition) is 2. The van der Waals surface area contributed by atoms with Crippen LogP contribution in [0.15, 0.2) is 28.7 Å². The molecule has 1 aromatic rings. The van der Waals surface area contributed by atoms with Gasteiger partial charge in [-0.1, -0.05) is 34.1 Å². The number of nitrogens with one attached hydrogen (secondary N) is 2. The Labute approximate surface area is 91.0 Å². The Hall–Kier alpha value is -0.870. The van der Waals surface area contributed by atoms with Crippen molar-refractivity contribution in [1.82, 2.24) is 10.6 Å². The molecule has 4 heteroatoms. The molecular weight excluding hydrogens is 244 g/mol. The van der Waals surface area contributed by atoms with Crippen LogP contribution in [-0.4, -0.2) is 19.0 Å². The monoisotopic (exact) mass is 254 g/mol. The first-order valence-electron chi connectivity index (χ1n) is 4.54. The zero-order valence-corrected chi connectivity index (χ0v) is 9.17. The molecule has 2 N–H and O–H groups in total. The lowest BCUT2D eigenvalue weighted by molar-refractivity contribution is -0.124. The Morgan fingerprint density at radius 3 is 2.79 bits per heavy atom. The fraction of sp³-hybridized carbons (Fsp3) is 0.300. The molecule has 0 saturated carbocycles. The molecule has 3 nitrogen and oxygen atoms in total. The molecule has 1 aliphatic rings.